The fraction of sp³-hybridized carbons (Fsp3) is 0.0417. The van der Waals surface area contributed by atoms with Gasteiger partial charge in [0.15, 0.2) is 5.76 Å². The fourth-order valence-electron chi connectivity index (χ4n) is 3.03. The molecule has 0 aliphatic carbocycles. The molecule has 0 saturated carbocycles. The molecule has 7 nitrogen and oxygen atoms in total. The lowest BCUT2D eigenvalue weighted by atomic mass is 10.1. The summed E-state index contributed by atoms with van der Waals surface area (Å²) in [7, 11) is 0. The molecule has 0 aliphatic rings. The van der Waals surface area contributed by atoms with E-state index in [0.717, 1.165) is 29.0 Å². The summed E-state index contributed by atoms with van der Waals surface area (Å²) >= 11 is 8.99. The minimum Gasteiger partial charge on any atom is -0.488 e. The van der Waals surface area contributed by atoms with Gasteiger partial charge in [0.25, 0.3) is 0 Å². The van der Waals surface area contributed by atoms with Gasteiger partial charge in [-0.1, -0.05) is 28.1 Å². The van der Waals surface area contributed by atoms with Gasteiger partial charge < -0.3 is 14.3 Å². The summed E-state index contributed by atoms with van der Waals surface area (Å²) < 4.78 is 13.9. The number of nitrogens with zero attached hydrogens (tertiary/aromatic N) is 1. The number of carboxylic acids is 1. The number of benzene rings is 3. The van der Waals surface area contributed by atoms with Crippen LogP contribution in [-0.4, -0.2) is 23.2 Å². The molecule has 0 spiro atoms. The first-order chi connectivity index (χ1) is 16.3. The van der Waals surface area contributed by atoms with Gasteiger partial charge >= 0.3 is 11.9 Å². The lowest BCUT2D eigenvalue weighted by Crippen LogP contribution is -2.16. The van der Waals surface area contributed by atoms with Gasteiger partial charge in [-0.3, -0.25) is 4.79 Å². The van der Waals surface area contributed by atoms with Gasteiger partial charge in [0.1, 0.15) is 17.9 Å². The van der Waals surface area contributed by atoms with Crippen molar-refractivity contribution in [3.63, 3.8) is 0 Å². The number of ether oxygens (including phenoxy) is 1. The number of aromatic carboxylic acids is 1. The molecule has 2 N–H and O–H groups in total. The van der Waals surface area contributed by atoms with Crippen LogP contribution in [0.4, 0.5) is 0 Å². The smallest absolute Gasteiger partial charge is 0.335 e. The van der Waals surface area contributed by atoms with Crippen LogP contribution in [0.2, 0.25) is 0 Å². The zero-order valence-corrected chi connectivity index (χ0v) is 22.5. The summed E-state index contributed by atoms with van der Waals surface area (Å²) in [5, 5.41) is 13.8. The Hall–Kier alpha value is -2.70. The average Bonchev–Trinajstić information content (AvgIpc) is 3.23. The molecule has 4 aromatic rings. The van der Waals surface area contributed by atoms with Crippen molar-refractivity contribution in [1.29, 1.82) is 0 Å². The Labute approximate surface area is 224 Å². The average molecular weight is 698 g/mol. The van der Waals surface area contributed by atoms with Crippen LogP contribution in [0, 0.1) is 3.57 Å². The number of hydrogen-bond acceptors (Lipinski definition) is 5. The number of halogens is 3. The van der Waals surface area contributed by atoms with E-state index in [0.29, 0.717) is 17.9 Å². The molecular weight excluding hydrogens is 683 g/mol. The van der Waals surface area contributed by atoms with E-state index < -0.39 is 11.9 Å². The van der Waals surface area contributed by atoms with Crippen molar-refractivity contribution in [2.75, 3.05) is 0 Å². The number of carbonyl (C=O) groups is 2. The van der Waals surface area contributed by atoms with Crippen molar-refractivity contribution in [1.82, 2.24) is 5.43 Å². The summed E-state index contributed by atoms with van der Waals surface area (Å²) in [5.74, 6) is -0.586. The number of fused-ring (bicyclic) bond motifs is 1. The van der Waals surface area contributed by atoms with Crippen molar-refractivity contribution in [2.24, 2.45) is 5.10 Å². The Bertz CT molecular complexity index is 1420. The molecule has 10 heteroatoms. The molecule has 1 heterocycles. The Morgan fingerprint density at radius 3 is 2.56 bits per heavy atom. The summed E-state index contributed by atoms with van der Waals surface area (Å²) in [6, 6.07) is 17.4. The monoisotopic (exact) mass is 696 g/mol. The van der Waals surface area contributed by atoms with Gasteiger partial charge in [0.05, 0.1) is 19.8 Å². The van der Waals surface area contributed by atoms with Crippen LogP contribution in [0.5, 0.6) is 5.75 Å². The number of carbonyl (C=O) groups excluding carboxylic acids is 1. The van der Waals surface area contributed by atoms with Crippen LogP contribution in [0.3, 0.4) is 0 Å². The second-order valence-corrected chi connectivity index (χ2v) is 10.0. The predicted molar refractivity (Wildman–Crippen MR) is 144 cm³/mol. The molecule has 34 heavy (non-hydrogen) atoms. The highest BCUT2D eigenvalue weighted by molar-refractivity contribution is 14.1. The van der Waals surface area contributed by atoms with Gasteiger partial charge in [-0.15, -0.1) is 0 Å². The summed E-state index contributed by atoms with van der Waals surface area (Å²) in [5.41, 5.74) is 4.92. The van der Waals surface area contributed by atoms with Crippen LogP contribution in [0.15, 0.2) is 79.1 Å². The van der Waals surface area contributed by atoms with Gasteiger partial charge in [-0.25, -0.2) is 10.2 Å². The lowest BCUT2D eigenvalue weighted by molar-refractivity contribution is 0.0696. The minimum absolute atomic E-state index is 0.153. The topological polar surface area (TPSA) is 101 Å². The number of rotatable bonds is 7. The molecule has 0 atom stereocenters. The van der Waals surface area contributed by atoms with E-state index in [2.05, 4.69) is 65.0 Å². The molecule has 0 unspecified atom stereocenters. The van der Waals surface area contributed by atoms with Gasteiger partial charge in [-0.2, -0.15) is 5.10 Å². The molecule has 0 bridgehead atoms. The highest BCUT2D eigenvalue weighted by Crippen LogP contribution is 2.31. The first-order valence-electron chi connectivity index (χ1n) is 9.77. The molecule has 172 valence electrons. The minimum atomic E-state index is -0.964. The van der Waals surface area contributed by atoms with Crippen LogP contribution >= 0.6 is 54.5 Å². The SMILES string of the molecule is O=C(O)c1ccc(COc2ccc(/C=N\NC(=O)c3cc4cc(Br)cc(Br)c4o3)cc2I)cc1. The van der Waals surface area contributed by atoms with E-state index >= 15 is 0 Å². The van der Waals surface area contributed by atoms with Crippen molar-refractivity contribution in [3.8, 4) is 5.75 Å². The number of furan rings is 1. The summed E-state index contributed by atoms with van der Waals surface area (Å²) in [6.45, 7) is 0.309. The molecule has 3 aromatic carbocycles. The van der Waals surface area contributed by atoms with E-state index in [1.165, 1.54) is 6.21 Å². The van der Waals surface area contributed by atoms with Crippen LogP contribution in [-0.2, 0) is 6.61 Å². The second-order valence-electron chi connectivity index (χ2n) is 7.10. The van der Waals surface area contributed by atoms with E-state index in [1.54, 1.807) is 30.3 Å². The molecule has 1 amide bonds. The third-order valence-corrected chi connectivity index (χ3v) is 6.58. The number of nitrogens with one attached hydrogen (secondary N) is 1. The molecule has 0 aliphatic heterocycles. The van der Waals surface area contributed by atoms with Crippen LogP contribution in [0.1, 0.15) is 32.0 Å². The first-order valence-corrected chi connectivity index (χ1v) is 12.4. The van der Waals surface area contributed by atoms with Crippen molar-refractivity contribution >= 4 is 83.5 Å². The maximum Gasteiger partial charge on any atom is 0.335 e. The van der Waals surface area contributed by atoms with E-state index in [-0.39, 0.29) is 11.3 Å². The zero-order valence-electron chi connectivity index (χ0n) is 17.2. The fourth-order valence-corrected chi connectivity index (χ4v) is 5.06. The second kappa shape index (κ2) is 10.7. The number of hydrazone groups is 1. The zero-order chi connectivity index (χ0) is 24.2. The number of carboxylic acid groups (broad SMARTS) is 1. The molecule has 4 rings (SSSR count). The van der Waals surface area contributed by atoms with Crippen LogP contribution < -0.4 is 10.2 Å². The highest BCUT2D eigenvalue weighted by atomic mass is 127. The highest BCUT2D eigenvalue weighted by Gasteiger charge is 2.14. The molecule has 0 fully saturated rings. The Morgan fingerprint density at radius 1 is 1.09 bits per heavy atom. The quantitative estimate of drug-likeness (QED) is 0.129. The predicted octanol–water partition coefficient (Wildman–Crippen LogP) is 6.60. The third-order valence-electron chi connectivity index (χ3n) is 4.69. The summed E-state index contributed by atoms with van der Waals surface area (Å²) in [6.07, 6.45) is 1.53. The van der Waals surface area contributed by atoms with E-state index in [1.807, 2.05) is 30.3 Å². The first kappa shape index (κ1) is 24.4. The van der Waals surface area contributed by atoms with Crippen LogP contribution in [0.25, 0.3) is 11.0 Å². The lowest BCUT2D eigenvalue weighted by Gasteiger charge is -2.09. The standard InChI is InChI=1S/C24H15Br2IN2O5/c25-17-8-16-9-21(34-22(16)18(26)10-17)23(30)29-28-11-14-3-6-20(19(27)7-14)33-12-13-1-4-15(5-2-13)24(31)32/h1-11H,12H2,(H,29,30)(H,31,32)/b28-11-. The Morgan fingerprint density at radius 2 is 1.85 bits per heavy atom. The molecule has 0 radical (unpaired) electrons. The Balaban J connectivity index is 1.36. The Kier molecular flexibility index (Phi) is 7.69. The normalized spacial score (nSPS) is 11.1. The molecule has 0 saturated heterocycles. The maximum absolute atomic E-state index is 12.4. The number of hydrogen-bond donors (Lipinski definition) is 2. The van der Waals surface area contributed by atoms with Gasteiger partial charge in [-0.05, 0) is 98.2 Å². The van der Waals surface area contributed by atoms with E-state index in [4.69, 9.17) is 14.3 Å². The molecular formula is C24H15Br2IN2O5. The molecule has 1 aromatic heterocycles. The number of amides is 1. The van der Waals surface area contributed by atoms with Crippen molar-refractivity contribution in [2.45, 2.75) is 6.61 Å². The third kappa shape index (κ3) is 5.86. The summed E-state index contributed by atoms with van der Waals surface area (Å²) in [4.78, 5) is 23.3. The maximum atomic E-state index is 12.4. The van der Waals surface area contributed by atoms with E-state index in [9.17, 15) is 9.59 Å². The van der Waals surface area contributed by atoms with Crippen molar-refractivity contribution < 1.29 is 23.8 Å². The van der Waals surface area contributed by atoms with Crippen molar-refractivity contribution in [3.05, 3.63) is 95.6 Å². The van der Waals surface area contributed by atoms with Gasteiger partial charge in [0, 0.05) is 9.86 Å². The van der Waals surface area contributed by atoms with Gasteiger partial charge in [0.2, 0.25) is 0 Å². The largest absolute Gasteiger partial charge is 0.488 e.